The van der Waals surface area contributed by atoms with Crippen LogP contribution in [0.5, 0.6) is 5.75 Å². The van der Waals surface area contributed by atoms with Crippen LogP contribution in [-0.4, -0.2) is 21.8 Å². The molecule has 2 rings (SSSR count). The normalized spacial score (nSPS) is 11.8. The van der Waals surface area contributed by atoms with E-state index in [1.807, 2.05) is 0 Å². The summed E-state index contributed by atoms with van der Waals surface area (Å²) in [5, 5.41) is 12.8. The molecule has 1 heterocycles. The van der Waals surface area contributed by atoms with Gasteiger partial charge in [-0.2, -0.15) is 18.2 Å². The molecule has 0 amide bonds. The van der Waals surface area contributed by atoms with Crippen molar-refractivity contribution in [1.29, 1.82) is 0 Å². The Balaban J connectivity index is 2.39. The van der Waals surface area contributed by atoms with Gasteiger partial charge in [0.1, 0.15) is 5.75 Å². The summed E-state index contributed by atoms with van der Waals surface area (Å²) in [6, 6.07) is 2.99. The van der Waals surface area contributed by atoms with Crippen molar-refractivity contribution in [2.24, 2.45) is 5.73 Å². The number of phenols is 1. The van der Waals surface area contributed by atoms with Gasteiger partial charge in [0, 0.05) is 18.5 Å². The molecule has 0 radical (unpaired) electrons. The lowest BCUT2D eigenvalue weighted by atomic mass is 10.1. The number of halogens is 3. The van der Waals surface area contributed by atoms with Crippen LogP contribution in [0.4, 0.5) is 13.2 Å². The highest BCUT2D eigenvalue weighted by Crippen LogP contribution is 2.37. The summed E-state index contributed by atoms with van der Waals surface area (Å²) in [6.45, 7) is 0.297. The Morgan fingerprint density at radius 1 is 1.32 bits per heavy atom. The number of hydrogen-bond acceptors (Lipinski definition) is 5. The molecule has 0 aliphatic heterocycles. The molecule has 0 saturated carbocycles. The molecule has 2 aromatic rings. The first kappa shape index (κ1) is 13.3. The van der Waals surface area contributed by atoms with Crippen LogP contribution in [0, 0.1) is 0 Å². The molecule has 19 heavy (non-hydrogen) atoms. The lowest BCUT2D eigenvalue weighted by Crippen LogP contribution is -2.05. The number of nitrogens with zero attached hydrogens (tertiary/aromatic N) is 2. The molecule has 8 heteroatoms. The number of hydrogen-bond donors (Lipinski definition) is 2. The van der Waals surface area contributed by atoms with E-state index in [-0.39, 0.29) is 17.3 Å². The number of aromatic nitrogens is 2. The number of benzene rings is 1. The number of alkyl halides is 3. The first-order chi connectivity index (χ1) is 8.91. The zero-order chi connectivity index (χ0) is 14.0. The van der Waals surface area contributed by atoms with Crippen molar-refractivity contribution in [2.45, 2.75) is 12.6 Å². The summed E-state index contributed by atoms with van der Waals surface area (Å²) < 4.78 is 42.7. The van der Waals surface area contributed by atoms with Crippen molar-refractivity contribution < 1.29 is 22.8 Å². The fraction of sp³-hybridized carbons (Fsp3) is 0.273. The van der Waals surface area contributed by atoms with Crippen LogP contribution in [0.1, 0.15) is 11.5 Å². The monoisotopic (exact) mass is 273 g/mol. The predicted molar refractivity (Wildman–Crippen MR) is 59.2 cm³/mol. The van der Waals surface area contributed by atoms with Gasteiger partial charge < -0.3 is 15.4 Å². The van der Waals surface area contributed by atoms with Gasteiger partial charge in [-0.1, -0.05) is 5.16 Å². The van der Waals surface area contributed by atoms with E-state index in [0.717, 1.165) is 12.1 Å². The van der Waals surface area contributed by atoms with E-state index < -0.39 is 17.5 Å². The fourth-order valence-electron chi connectivity index (χ4n) is 1.50. The third-order valence-electron chi connectivity index (χ3n) is 2.39. The lowest BCUT2D eigenvalue weighted by Gasteiger charge is -2.09. The van der Waals surface area contributed by atoms with Crippen LogP contribution in [0.3, 0.4) is 0 Å². The molecule has 0 fully saturated rings. The second-order valence-corrected chi connectivity index (χ2v) is 3.78. The van der Waals surface area contributed by atoms with Gasteiger partial charge in [0.15, 0.2) is 0 Å². The Morgan fingerprint density at radius 2 is 2.05 bits per heavy atom. The first-order valence-corrected chi connectivity index (χ1v) is 5.35. The fourth-order valence-corrected chi connectivity index (χ4v) is 1.50. The summed E-state index contributed by atoms with van der Waals surface area (Å²) in [5.41, 5.74) is 4.27. The smallest absolute Gasteiger partial charge is 0.419 e. The average molecular weight is 273 g/mol. The Labute approximate surface area is 105 Å². The molecule has 3 N–H and O–H groups in total. The standard InChI is InChI=1S/C11H10F3N3O2/c12-11(13,14)7-5-6(1-2-8(7)18)10-16-9(3-4-15)19-17-10/h1-2,5,18H,3-4,15H2. The van der Waals surface area contributed by atoms with E-state index >= 15 is 0 Å². The molecule has 5 nitrogen and oxygen atoms in total. The van der Waals surface area contributed by atoms with Crippen molar-refractivity contribution >= 4 is 0 Å². The number of rotatable bonds is 3. The third-order valence-corrected chi connectivity index (χ3v) is 2.39. The quantitative estimate of drug-likeness (QED) is 0.892. The van der Waals surface area contributed by atoms with Crippen molar-refractivity contribution in [3.63, 3.8) is 0 Å². The van der Waals surface area contributed by atoms with Crippen LogP contribution < -0.4 is 5.73 Å². The molecule has 0 saturated heterocycles. The Kier molecular flexibility index (Phi) is 3.43. The third kappa shape index (κ3) is 2.84. The molecule has 0 spiro atoms. The van der Waals surface area contributed by atoms with E-state index in [1.165, 1.54) is 6.07 Å². The van der Waals surface area contributed by atoms with Crippen LogP contribution in [0.15, 0.2) is 22.7 Å². The molecule has 0 bridgehead atoms. The van der Waals surface area contributed by atoms with Gasteiger partial charge in [0.2, 0.25) is 11.7 Å². The molecule has 0 aliphatic rings. The van der Waals surface area contributed by atoms with Crippen LogP contribution >= 0.6 is 0 Å². The van der Waals surface area contributed by atoms with E-state index in [1.54, 1.807) is 0 Å². The molecule has 0 aliphatic carbocycles. The van der Waals surface area contributed by atoms with Gasteiger partial charge in [0.25, 0.3) is 0 Å². The second kappa shape index (κ2) is 4.88. The Hall–Kier alpha value is -2.09. The number of nitrogens with two attached hydrogens (primary N) is 1. The Morgan fingerprint density at radius 3 is 2.68 bits per heavy atom. The highest BCUT2D eigenvalue weighted by Gasteiger charge is 2.34. The minimum absolute atomic E-state index is 0.0222. The molecule has 0 atom stereocenters. The largest absolute Gasteiger partial charge is 0.507 e. The van der Waals surface area contributed by atoms with Gasteiger partial charge in [-0.15, -0.1) is 0 Å². The molecule has 102 valence electrons. The van der Waals surface area contributed by atoms with Gasteiger partial charge in [0.05, 0.1) is 5.56 Å². The number of phenolic OH excluding ortho intramolecular Hbond substituents is 1. The number of aromatic hydroxyl groups is 1. The molecular weight excluding hydrogens is 263 g/mol. The summed E-state index contributed by atoms with van der Waals surface area (Å²) in [5.74, 6) is -0.574. The molecule has 1 aromatic carbocycles. The molecule has 1 aromatic heterocycles. The molecular formula is C11H10F3N3O2. The summed E-state index contributed by atoms with van der Waals surface area (Å²) in [4.78, 5) is 3.92. The zero-order valence-electron chi connectivity index (χ0n) is 9.61. The van der Waals surface area contributed by atoms with Crippen LogP contribution in [0.2, 0.25) is 0 Å². The van der Waals surface area contributed by atoms with Crippen molar-refractivity contribution in [1.82, 2.24) is 10.1 Å². The van der Waals surface area contributed by atoms with E-state index in [9.17, 15) is 18.3 Å². The van der Waals surface area contributed by atoms with Crippen LogP contribution in [-0.2, 0) is 12.6 Å². The SMILES string of the molecule is NCCc1nc(-c2ccc(O)c(C(F)(F)F)c2)no1. The zero-order valence-corrected chi connectivity index (χ0v) is 9.61. The highest BCUT2D eigenvalue weighted by molar-refractivity contribution is 5.58. The maximum atomic E-state index is 12.6. The Bertz CT molecular complexity index is 581. The second-order valence-electron chi connectivity index (χ2n) is 3.78. The predicted octanol–water partition coefficient (Wildman–Crippen LogP) is 1.96. The lowest BCUT2D eigenvalue weighted by molar-refractivity contribution is -0.138. The topological polar surface area (TPSA) is 85.2 Å². The van der Waals surface area contributed by atoms with Gasteiger partial charge >= 0.3 is 6.18 Å². The van der Waals surface area contributed by atoms with Crippen molar-refractivity contribution in [2.75, 3.05) is 6.54 Å². The van der Waals surface area contributed by atoms with Gasteiger partial charge in [-0.05, 0) is 18.2 Å². The van der Waals surface area contributed by atoms with Crippen LogP contribution in [0.25, 0.3) is 11.4 Å². The summed E-state index contributed by atoms with van der Waals surface area (Å²) in [7, 11) is 0. The molecule has 0 unspecified atom stereocenters. The van der Waals surface area contributed by atoms with Gasteiger partial charge in [-0.25, -0.2) is 0 Å². The minimum Gasteiger partial charge on any atom is -0.507 e. The average Bonchev–Trinajstić information content (AvgIpc) is 2.77. The van der Waals surface area contributed by atoms with Crippen molar-refractivity contribution in [3.8, 4) is 17.1 Å². The van der Waals surface area contributed by atoms with Crippen molar-refractivity contribution in [3.05, 3.63) is 29.7 Å². The first-order valence-electron chi connectivity index (χ1n) is 5.35. The highest BCUT2D eigenvalue weighted by atomic mass is 19.4. The van der Waals surface area contributed by atoms with Gasteiger partial charge in [-0.3, -0.25) is 0 Å². The van der Waals surface area contributed by atoms with E-state index in [2.05, 4.69) is 10.1 Å². The maximum absolute atomic E-state index is 12.6. The summed E-state index contributed by atoms with van der Waals surface area (Å²) in [6.07, 6.45) is -4.30. The maximum Gasteiger partial charge on any atom is 0.419 e. The van der Waals surface area contributed by atoms with E-state index in [4.69, 9.17) is 10.3 Å². The summed E-state index contributed by atoms with van der Waals surface area (Å²) >= 11 is 0. The minimum atomic E-state index is -4.65. The van der Waals surface area contributed by atoms with E-state index in [0.29, 0.717) is 13.0 Å².